The molecule has 1 aliphatic heterocycles. The first kappa shape index (κ1) is 14.3. The number of hydrogen-bond acceptors (Lipinski definition) is 2. The molecule has 0 radical (unpaired) electrons. The minimum absolute atomic E-state index is 0.225. The summed E-state index contributed by atoms with van der Waals surface area (Å²) in [5, 5.41) is 6.14. The minimum atomic E-state index is -2.69. The molecular formula is C14H20F2N4O. The molecule has 0 unspecified atom stereocenters. The fourth-order valence-corrected chi connectivity index (χ4v) is 3.52. The number of likely N-dealkylation sites (tertiary alicyclic amines) is 1. The van der Waals surface area contributed by atoms with Crippen LogP contribution in [0, 0.1) is 5.41 Å². The number of carbonyl (C=O) groups is 1. The lowest BCUT2D eigenvalue weighted by Gasteiger charge is -2.39. The Kier molecular flexibility index (Phi) is 3.82. The van der Waals surface area contributed by atoms with Crippen molar-refractivity contribution in [2.24, 2.45) is 5.41 Å². The van der Waals surface area contributed by atoms with Gasteiger partial charge in [-0.2, -0.15) is 13.9 Å². The summed E-state index contributed by atoms with van der Waals surface area (Å²) in [5.41, 5.74) is 0.763. The maximum atomic E-state index is 12.4. The van der Waals surface area contributed by atoms with Crippen LogP contribution >= 0.6 is 0 Å². The summed E-state index contributed by atoms with van der Waals surface area (Å²) in [5.74, 6) is 0. The van der Waals surface area contributed by atoms with Gasteiger partial charge in [-0.1, -0.05) is 12.8 Å². The summed E-state index contributed by atoms with van der Waals surface area (Å²) in [7, 11) is 0. The molecule has 3 rings (SSSR count). The largest absolute Gasteiger partial charge is 0.333 e. The van der Waals surface area contributed by atoms with Crippen LogP contribution in [-0.4, -0.2) is 33.8 Å². The highest BCUT2D eigenvalue weighted by Gasteiger charge is 2.37. The summed E-state index contributed by atoms with van der Waals surface area (Å²) in [6.45, 7) is -1.20. The fourth-order valence-electron chi connectivity index (χ4n) is 3.52. The van der Waals surface area contributed by atoms with Gasteiger partial charge >= 0.3 is 12.6 Å². The molecule has 0 aromatic carbocycles. The molecule has 2 amide bonds. The van der Waals surface area contributed by atoms with Crippen molar-refractivity contribution in [3.63, 3.8) is 0 Å². The van der Waals surface area contributed by atoms with Crippen LogP contribution in [0.3, 0.4) is 0 Å². The van der Waals surface area contributed by atoms with E-state index in [0.29, 0.717) is 15.8 Å². The molecule has 7 heteroatoms. The number of hydrogen-bond donors (Lipinski definition) is 1. The molecule has 2 heterocycles. The van der Waals surface area contributed by atoms with E-state index in [1.165, 1.54) is 31.9 Å². The zero-order chi connectivity index (χ0) is 14.9. The van der Waals surface area contributed by atoms with Crippen molar-refractivity contribution in [1.29, 1.82) is 0 Å². The Bertz CT molecular complexity index is 501. The number of alkyl halides is 2. The van der Waals surface area contributed by atoms with Crippen molar-refractivity contribution in [3.8, 4) is 0 Å². The molecule has 21 heavy (non-hydrogen) atoms. The Balaban J connectivity index is 1.54. The maximum Gasteiger partial charge on any atom is 0.333 e. The second-order valence-electron chi connectivity index (χ2n) is 6.11. The molecular weight excluding hydrogens is 278 g/mol. The minimum Gasteiger partial charge on any atom is -0.324 e. The van der Waals surface area contributed by atoms with Gasteiger partial charge in [-0.3, -0.25) is 0 Å². The number of halogens is 2. The molecule has 2 fully saturated rings. The van der Waals surface area contributed by atoms with Crippen LogP contribution in [-0.2, 0) is 0 Å². The van der Waals surface area contributed by atoms with Gasteiger partial charge in [-0.25, -0.2) is 9.48 Å². The topological polar surface area (TPSA) is 50.2 Å². The van der Waals surface area contributed by atoms with Crippen molar-refractivity contribution >= 4 is 11.7 Å². The summed E-state index contributed by atoms with van der Waals surface area (Å²) < 4.78 is 25.4. The van der Waals surface area contributed by atoms with Gasteiger partial charge in [-0.15, -0.1) is 0 Å². The Labute approximate surface area is 122 Å². The van der Waals surface area contributed by atoms with Gasteiger partial charge in [0.05, 0.1) is 18.1 Å². The predicted molar refractivity (Wildman–Crippen MR) is 74.2 cm³/mol. The first-order chi connectivity index (χ1) is 10.1. The molecule has 1 aromatic heterocycles. The monoisotopic (exact) mass is 298 g/mol. The molecule has 1 aliphatic carbocycles. The van der Waals surface area contributed by atoms with E-state index in [4.69, 9.17) is 0 Å². The van der Waals surface area contributed by atoms with E-state index >= 15 is 0 Å². The number of anilines is 1. The molecule has 0 bridgehead atoms. The molecule has 1 saturated heterocycles. The first-order valence-electron chi connectivity index (χ1n) is 7.46. The van der Waals surface area contributed by atoms with E-state index in [2.05, 4.69) is 10.4 Å². The summed E-state index contributed by atoms with van der Waals surface area (Å²) >= 11 is 0. The number of carbonyl (C=O) groups excluding carboxylic acids is 1. The van der Waals surface area contributed by atoms with Gasteiger partial charge in [0.1, 0.15) is 0 Å². The lowest BCUT2D eigenvalue weighted by Crippen LogP contribution is -2.44. The number of aromatic nitrogens is 2. The van der Waals surface area contributed by atoms with Crippen LogP contribution in [0.25, 0.3) is 0 Å². The Hall–Kier alpha value is -1.66. The Morgan fingerprint density at radius 3 is 2.48 bits per heavy atom. The van der Waals surface area contributed by atoms with Crippen molar-refractivity contribution in [1.82, 2.24) is 14.7 Å². The molecule has 1 saturated carbocycles. The van der Waals surface area contributed by atoms with Gasteiger partial charge in [0, 0.05) is 13.1 Å². The number of piperidine rings is 1. The van der Waals surface area contributed by atoms with Crippen LogP contribution in [0.15, 0.2) is 12.4 Å². The fraction of sp³-hybridized carbons (Fsp3) is 0.714. The standard InChI is InChI=1S/C14H20F2N4O/c15-12(16)20-10-11(9-17-20)18-13(21)19-7-5-14(6-8-19)3-1-2-4-14/h9-10,12H,1-8H2,(H,18,21). The zero-order valence-corrected chi connectivity index (χ0v) is 11.9. The van der Waals surface area contributed by atoms with Crippen LogP contribution in [0.2, 0.25) is 0 Å². The quantitative estimate of drug-likeness (QED) is 0.909. The van der Waals surface area contributed by atoms with Crippen LogP contribution in [0.4, 0.5) is 19.3 Å². The second kappa shape index (κ2) is 5.61. The number of amides is 2. The van der Waals surface area contributed by atoms with Crippen LogP contribution < -0.4 is 5.32 Å². The van der Waals surface area contributed by atoms with E-state index in [1.54, 1.807) is 4.90 Å². The zero-order valence-electron chi connectivity index (χ0n) is 11.9. The number of nitrogens with one attached hydrogen (secondary N) is 1. The average Bonchev–Trinajstić information content (AvgIpc) is 3.10. The SMILES string of the molecule is O=C(Nc1cnn(C(F)F)c1)N1CCC2(CCCC2)CC1. The van der Waals surface area contributed by atoms with Crippen molar-refractivity contribution < 1.29 is 13.6 Å². The van der Waals surface area contributed by atoms with Crippen molar-refractivity contribution in [3.05, 3.63) is 12.4 Å². The van der Waals surface area contributed by atoms with Gasteiger partial charge in [-0.05, 0) is 31.1 Å². The second-order valence-corrected chi connectivity index (χ2v) is 6.11. The van der Waals surface area contributed by atoms with Crippen molar-refractivity contribution in [2.75, 3.05) is 18.4 Å². The lowest BCUT2D eigenvalue weighted by atomic mass is 9.77. The molecule has 1 aromatic rings. The van der Waals surface area contributed by atoms with Gasteiger partial charge < -0.3 is 10.2 Å². The number of urea groups is 1. The number of rotatable bonds is 2. The Morgan fingerprint density at radius 1 is 1.24 bits per heavy atom. The van der Waals surface area contributed by atoms with E-state index < -0.39 is 6.55 Å². The molecule has 1 spiro atoms. The molecule has 1 N–H and O–H groups in total. The van der Waals surface area contributed by atoms with E-state index in [1.807, 2.05) is 0 Å². The van der Waals surface area contributed by atoms with Crippen molar-refractivity contribution in [2.45, 2.75) is 45.1 Å². The van der Waals surface area contributed by atoms with E-state index in [0.717, 1.165) is 32.1 Å². The molecule has 2 aliphatic rings. The van der Waals surface area contributed by atoms with Gasteiger partial charge in [0.25, 0.3) is 0 Å². The first-order valence-corrected chi connectivity index (χ1v) is 7.46. The number of nitrogens with zero attached hydrogens (tertiary/aromatic N) is 3. The summed E-state index contributed by atoms with van der Waals surface area (Å²) in [6.07, 6.45) is 9.66. The lowest BCUT2D eigenvalue weighted by molar-refractivity contribution is 0.0566. The highest BCUT2D eigenvalue weighted by molar-refractivity contribution is 5.89. The maximum absolute atomic E-state index is 12.4. The van der Waals surface area contributed by atoms with Crippen LogP contribution in [0.1, 0.15) is 45.1 Å². The summed E-state index contributed by atoms with van der Waals surface area (Å²) in [6, 6.07) is -0.225. The van der Waals surface area contributed by atoms with Crippen LogP contribution in [0.5, 0.6) is 0 Å². The third-order valence-corrected chi connectivity index (χ3v) is 4.83. The predicted octanol–water partition coefficient (Wildman–Crippen LogP) is 3.47. The third kappa shape index (κ3) is 3.01. The molecule has 0 atom stereocenters. The highest BCUT2D eigenvalue weighted by Crippen LogP contribution is 2.46. The smallest absolute Gasteiger partial charge is 0.324 e. The molecule has 116 valence electrons. The summed E-state index contributed by atoms with van der Waals surface area (Å²) in [4.78, 5) is 13.9. The highest BCUT2D eigenvalue weighted by atomic mass is 19.3. The van der Waals surface area contributed by atoms with E-state index in [-0.39, 0.29) is 6.03 Å². The normalized spacial score (nSPS) is 21.2. The van der Waals surface area contributed by atoms with Gasteiger partial charge in [0.15, 0.2) is 0 Å². The third-order valence-electron chi connectivity index (χ3n) is 4.83. The average molecular weight is 298 g/mol. The molecule has 5 nitrogen and oxygen atoms in total. The van der Waals surface area contributed by atoms with Gasteiger partial charge in [0.2, 0.25) is 0 Å². The Morgan fingerprint density at radius 2 is 1.90 bits per heavy atom. The van der Waals surface area contributed by atoms with E-state index in [9.17, 15) is 13.6 Å².